The monoisotopic (exact) mass is 430 g/mol. The molecule has 0 unspecified atom stereocenters. The largest absolute Gasteiger partial charge is 0.486 e. The average molecular weight is 431 g/mol. The van der Waals surface area contributed by atoms with E-state index in [1.807, 2.05) is 18.2 Å². The molecule has 1 saturated heterocycles. The van der Waals surface area contributed by atoms with Gasteiger partial charge in [0.15, 0.2) is 11.5 Å². The topological polar surface area (TPSA) is 76.2 Å². The van der Waals surface area contributed by atoms with Gasteiger partial charge in [0.1, 0.15) is 13.2 Å². The number of piperidine rings is 1. The SMILES string of the molecule is CN(CC(=O)N1CCC(c2ccccc2)CC1)S(=O)(=O)c1ccc2c(c1)OCCO2. The molecule has 2 aromatic carbocycles. The Morgan fingerprint density at radius 3 is 2.40 bits per heavy atom. The third-order valence-electron chi connectivity index (χ3n) is 5.70. The second kappa shape index (κ2) is 8.65. The highest BCUT2D eigenvalue weighted by atomic mass is 32.2. The first-order valence-corrected chi connectivity index (χ1v) is 11.6. The maximum absolute atomic E-state index is 12.9. The Hall–Kier alpha value is -2.58. The molecule has 2 aromatic rings. The molecule has 0 aromatic heterocycles. The maximum Gasteiger partial charge on any atom is 0.243 e. The van der Waals surface area contributed by atoms with Gasteiger partial charge >= 0.3 is 0 Å². The van der Waals surface area contributed by atoms with E-state index in [1.165, 1.54) is 24.7 Å². The predicted molar refractivity (Wildman–Crippen MR) is 112 cm³/mol. The Morgan fingerprint density at radius 1 is 1.03 bits per heavy atom. The van der Waals surface area contributed by atoms with E-state index in [2.05, 4.69) is 12.1 Å². The Balaban J connectivity index is 1.37. The lowest BCUT2D eigenvalue weighted by Gasteiger charge is -2.33. The Bertz CT molecular complexity index is 1000. The van der Waals surface area contributed by atoms with E-state index in [4.69, 9.17) is 9.47 Å². The number of fused-ring (bicyclic) bond motifs is 1. The van der Waals surface area contributed by atoms with Crippen molar-refractivity contribution in [3.8, 4) is 11.5 Å². The quantitative estimate of drug-likeness (QED) is 0.729. The molecule has 1 amide bonds. The number of ether oxygens (including phenoxy) is 2. The second-order valence-electron chi connectivity index (χ2n) is 7.63. The van der Waals surface area contributed by atoms with Gasteiger partial charge in [0.05, 0.1) is 11.4 Å². The van der Waals surface area contributed by atoms with Gasteiger partial charge in [-0.1, -0.05) is 30.3 Å². The predicted octanol–water partition coefficient (Wildman–Crippen LogP) is 2.48. The number of amides is 1. The molecule has 0 N–H and O–H groups in total. The van der Waals surface area contributed by atoms with Crippen molar-refractivity contribution in [1.29, 1.82) is 0 Å². The van der Waals surface area contributed by atoms with Crippen LogP contribution in [0.2, 0.25) is 0 Å². The van der Waals surface area contributed by atoms with Crippen molar-refractivity contribution < 1.29 is 22.7 Å². The normalized spacial score (nSPS) is 17.2. The summed E-state index contributed by atoms with van der Waals surface area (Å²) in [6.45, 7) is 1.90. The molecule has 30 heavy (non-hydrogen) atoms. The minimum Gasteiger partial charge on any atom is -0.486 e. The van der Waals surface area contributed by atoms with Crippen molar-refractivity contribution in [2.45, 2.75) is 23.7 Å². The first-order chi connectivity index (χ1) is 14.4. The van der Waals surface area contributed by atoms with Crippen molar-refractivity contribution in [1.82, 2.24) is 9.21 Å². The highest BCUT2D eigenvalue weighted by molar-refractivity contribution is 7.89. The highest BCUT2D eigenvalue weighted by Gasteiger charge is 2.29. The first kappa shape index (κ1) is 20.7. The molecular formula is C22H26N2O5S. The lowest BCUT2D eigenvalue weighted by atomic mass is 9.89. The number of likely N-dealkylation sites (N-methyl/N-ethyl adjacent to an activating group) is 1. The molecule has 0 bridgehead atoms. The van der Waals surface area contributed by atoms with E-state index >= 15 is 0 Å². The van der Waals surface area contributed by atoms with Crippen LogP contribution in [0.1, 0.15) is 24.3 Å². The van der Waals surface area contributed by atoms with Gasteiger partial charge in [-0.3, -0.25) is 4.79 Å². The molecule has 0 saturated carbocycles. The van der Waals surface area contributed by atoms with E-state index in [0.717, 1.165) is 17.1 Å². The minimum absolute atomic E-state index is 0.0878. The number of likely N-dealkylation sites (tertiary alicyclic amines) is 1. The Labute approximate surface area is 177 Å². The van der Waals surface area contributed by atoms with Crippen LogP contribution >= 0.6 is 0 Å². The summed E-state index contributed by atoms with van der Waals surface area (Å²) in [7, 11) is -2.38. The summed E-state index contributed by atoms with van der Waals surface area (Å²) >= 11 is 0. The Kier molecular flexibility index (Phi) is 5.97. The first-order valence-electron chi connectivity index (χ1n) is 10.1. The third-order valence-corrected chi connectivity index (χ3v) is 7.50. The van der Waals surface area contributed by atoms with Crippen LogP contribution < -0.4 is 9.47 Å². The van der Waals surface area contributed by atoms with Crippen LogP contribution in [0.15, 0.2) is 53.4 Å². The summed E-state index contributed by atoms with van der Waals surface area (Å²) in [5.41, 5.74) is 1.29. The number of carbonyl (C=O) groups excluding carboxylic acids is 1. The molecule has 4 rings (SSSR count). The van der Waals surface area contributed by atoms with E-state index in [1.54, 1.807) is 11.0 Å². The highest BCUT2D eigenvalue weighted by Crippen LogP contribution is 2.33. The van der Waals surface area contributed by atoms with E-state index in [-0.39, 0.29) is 17.3 Å². The fourth-order valence-electron chi connectivity index (χ4n) is 3.93. The zero-order valence-electron chi connectivity index (χ0n) is 17.0. The van der Waals surface area contributed by atoms with Crippen LogP contribution in [0.4, 0.5) is 0 Å². The smallest absolute Gasteiger partial charge is 0.243 e. The van der Waals surface area contributed by atoms with Crippen LogP contribution in [-0.4, -0.2) is 63.4 Å². The lowest BCUT2D eigenvalue weighted by Crippen LogP contribution is -2.44. The molecule has 2 aliphatic heterocycles. The number of hydrogen-bond acceptors (Lipinski definition) is 5. The number of carbonyl (C=O) groups is 1. The van der Waals surface area contributed by atoms with Gasteiger partial charge in [-0.25, -0.2) is 8.42 Å². The molecule has 0 radical (unpaired) electrons. The summed E-state index contributed by atoms with van der Waals surface area (Å²) in [6, 6.07) is 14.8. The van der Waals surface area contributed by atoms with Crippen molar-refractivity contribution in [3.05, 3.63) is 54.1 Å². The molecule has 7 nitrogen and oxygen atoms in total. The second-order valence-corrected chi connectivity index (χ2v) is 9.68. The standard InChI is InChI=1S/C22H26N2O5S/c1-23(30(26,27)19-7-8-20-21(15-19)29-14-13-28-20)16-22(25)24-11-9-18(10-12-24)17-5-3-2-4-6-17/h2-8,15,18H,9-14,16H2,1H3. The van der Waals surface area contributed by atoms with Crippen LogP contribution in [0, 0.1) is 0 Å². The van der Waals surface area contributed by atoms with E-state index in [9.17, 15) is 13.2 Å². The van der Waals surface area contributed by atoms with Gasteiger partial charge in [-0.2, -0.15) is 4.31 Å². The molecule has 1 fully saturated rings. The summed E-state index contributed by atoms with van der Waals surface area (Å²) in [5.74, 6) is 1.20. The van der Waals surface area contributed by atoms with Gasteiger partial charge < -0.3 is 14.4 Å². The van der Waals surface area contributed by atoms with Gasteiger partial charge in [-0.05, 0) is 36.5 Å². The van der Waals surface area contributed by atoms with Crippen molar-refractivity contribution in [3.63, 3.8) is 0 Å². The van der Waals surface area contributed by atoms with Gasteiger partial charge in [0, 0.05) is 26.2 Å². The zero-order valence-corrected chi connectivity index (χ0v) is 17.8. The lowest BCUT2D eigenvalue weighted by molar-refractivity contribution is -0.132. The molecule has 2 aliphatic rings. The minimum atomic E-state index is -3.81. The number of hydrogen-bond donors (Lipinski definition) is 0. The van der Waals surface area contributed by atoms with E-state index in [0.29, 0.717) is 43.7 Å². The molecule has 160 valence electrons. The molecule has 2 heterocycles. The molecular weight excluding hydrogens is 404 g/mol. The number of nitrogens with zero attached hydrogens (tertiary/aromatic N) is 2. The molecule has 8 heteroatoms. The average Bonchev–Trinajstić information content (AvgIpc) is 2.79. The number of benzene rings is 2. The third kappa shape index (κ3) is 4.29. The van der Waals surface area contributed by atoms with Crippen LogP contribution in [-0.2, 0) is 14.8 Å². The van der Waals surface area contributed by atoms with Crippen LogP contribution in [0.25, 0.3) is 0 Å². The molecule has 0 spiro atoms. The maximum atomic E-state index is 12.9. The van der Waals surface area contributed by atoms with Gasteiger partial charge in [0.2, 0.25) is 15.9 Å². The van der Waals surface area contributed by atoms with Crippen molar-refractivity contribution in [2.24, 2.45) is 0 Å². The fourth-order valence-corrected chi connectivity index (χ4v) is 5.06. The van der Waals surface area contributed by atoms with Gasteiger partial charge in [0.25, 0.3) is 0 Å². The summed E-state index contributed by atoms with van der Waals surface area (Å²) in [6.07, 6.45) is 1.77. The van der Waals surface area contributed by atoms with Crippen molar-refractivity contribution >= 4 is 15.9 Å². The molecule has 0 aliphatic carbocycles. The zero-order chi connectivity index (χ0) is 21.1. The Morgan fingerprint density at radius 2 is 1.70 bits per heavy atom. The summed E-state index contributed by atoms with van der Waals surface area (Å²) in [4.78, 5) is 14.6. The van der Waals surface area contributed by atoms with Gasteiger partial charge in [-0.15, -0.1) is 0 Å². The number of rotatable bonds is 5. The molecule has 0 atom stereocenters. The van der Waals surface area contributed by atoms with Crippen LogP contribution in [0.3, 0.4) is 0 Å². The van der Waals surface area contributed by atoms with E-state index < -0.39 is 10.0 Å². The summed E-state index contributed by atoms with van der Waals surface area (Å²) in [5, 5.41) is 0. The fraction of sp³-hybridized carbons (Fsp3) is 0.409. The van der Waals surface area contributed by atoms with Crippen LogP contribution in [0.5, 0.6) is 11.5 Å². The number of sulfonamides is 1. The van der Waals surface area contributed by atoms with Crippen molar-refractivity contribution in [2.75, 3.05) is 39.9 Å². The summed E-state index contributed by atoms with van der Waals surface area (Å²) < 4.78 is 37.9.